The quantitative estimate of drug-likeness (QED) is 0.393. The second-order valence-electron chi connectivity index (χ2n) is 6.77. The van der Waals surface area contributed by atoms with Gasteiger partial charge in [0.25, 0.3) is 5.56 Å². The van der Waals surface area contributed by atoms with Gasteiger partial charge in [0.2, 0.25) is 5.89 Å². The number of aromatic amines is 1. The summed E-state index contributed by atoms with van der Waals surface area (Å²) in [5.74, 6) is 1.71. The maximum Gasteiger partial charge on any atom is 0.262 e. The van der Waals surface area contributed by atoms with Crippen molar-refractivity contribution in [3.8, 4) is 5.75 Å². The molecule has 0 saturated carbocycles. The average Bonchev–Trinajstić information content (AvgIpc) is 3.36. The number of thioether (sulfide) groups is 1. The molecular weight excluding hydrogens is 394 g/mol. The highest BCUT2D eigenvalue weighted by atomic mass is 32.2. The first-order valence-electron chi connectivity index (χ1n) is 9.33. The van der Waals surface area contributed by atoms with Gasteiger partial charge in [0, 0.05) is 19.3 Å². The summed E-state index contributed by atoms with van der Waals surface area (Å²) < 4.78 is 18.3. The van der Waals surface area contributed by atoms with E-state index in [0.29, 0.717) is 52.4 Å². The molecule has 1 N–H and O–H groups in total. The molecule has 0 bridgehead atoms. The average molecular weight is 413 g/mol. The number of H-pyrrole nitrogens is 1. The number of rotatable bonds is 5. The summed E-state index contributed by atoms with van der Waals surface area (Å²) in [4.78, 5) is 24.4. The lowest BCUT2D eigenvalue weighted by Crippen LogP contribution is -2.21. The molecule has 1 fully saturated rings. The van der Waals surface area contributed by atoms with Gasteiger partial charge in [-0.15, -0.1) is 0 Å². The van der Waals surface area contributed by atoms with Crippen LogP contribution in [0.1, 0.15) is 24.8 Å². The topological polar surface area (TPSA) is 108 Å². The molecule has 4 heterocycles. The fourth-order valence-electron chi connectivity index (χ4n) is 3.45. The molecule has 0 spiro atoms. The zero-order valence-corrected chi connectivity index (χ0v) is 16.6. The molecule has 9 nitrogen and oxygen atoms in total. The largest absolute Gasteiger partial charge is 0.497 e. The molecule has 1 aromatic carbocycles. The molecule has 0 atom stereocenters. The number of methoxy groups -OCH3 is 1. The van der Waals surface area contributed by atoms with Gasteiger partial charge in [-0.1, -0.05) is 11.8 Å². The lowest BCUT2D eigenvalue weighted by Gasteiger charge is -2.22. The Morgan fingerprint density at radius 3 is 3.00 bits per heavy atom. The number of nitrogens with one attached hydrogen (secondary N) is 1. The zero-order valence-electron chi connectivity index (χ0n) is 15.8. The van der Waals surface area contributed by atoms with E-state index in [1.807, 2.05) is 16.8 Å². The summed E-state index contributed by atoms with van der Waals surface area (Å²) in [5.41, 5.74) is 1.83. The van der Waals surface area contributed by atoms with Crippen molar-refractivity contribution in [2.45, 2.75) is 29.8 Å². The first-order chi connectivity index (χ1) is 14.2. The Labute approximate surface area is 169 Å². The van der Waals surface area contributed by atoms with Crippen LogP contribution in [0.5, 0.6) is 5.75 Å². The molecule has 0 radical (unpaired) electrons. The summed E-state index contributed by atoms with van der Waals surface area (Å²) in [6.45, 7) is 1.39. The fraction of sp³-hybridized carbons (Fsp3) is 0.368. The summed E-state index contributed by atoms with van der Waals surface area (Å²) >= 11 is 1.37. The van der Waals surface area contributed by atoms with Crippen LogP contribution in [0.3, 0.4) is 0 Å². The zero-order chi connectivity index (χ0) is 19.8. The van der Waals surface area contributed by atoms with Crippen molar-refractivity contribution in [1.82, 2.24) is 24.7 Å². The van der Waals surface area contributed by atoms with Gasteiger partial charge < -0.3 is 18.9 Å². The van der Waals surface area contributed by atoms with Crippen LogP contribution in [-0.2, 0) is 10.5 Å². The minimum absolute atomic E-state index is 0.195. The molecule has 4 aromatic rings. The molecule has 0 aliphatic carbocycles. The van der Waals surface area contributed by atoms with Crippen LogP contribution in [0, 0.1) is 0 Å². The first kappa shape index (κ1) is 18.2. The van der Waals surface area contributed by atoms with Crippen molar-refractivity contribution in [2.24, 2.45) is 0 Å². The number of ether oxygens (including phenoxy) is 2. The van der Waals surface area contributed by atoms with Crippen molar-refractivity contribution in [3.63, 3.8) is 0 Å². The normalized spacial score (nSPS) is 15.3. The smallest absolute Gasteiger partial charge is 0.262 e. The van der Waals surface area contributed by atoms with Crippen LogP contribution in [0.15, 0.2) is 38.8 Å². The predicted molar refractivity (Wildman–Crippen MR) is 107 cm³/mol. The monoisotopic (exact) mass is 413 g/mol. The molecule has 150 valence electrons. The standard InChI is InChI=1S/C19H19N5O4S/c1-26-12-2-3-14-15(8-12)28-16(21-14)10-29-19-22-17-13(18(25)23-19)9-20-24(17)11-4-6-27-7-5-11/h2-3,8-9,11H,4-7,10H2,1H3,(H,22,23,25). The molecule has 0 unspecified atom stereocenters. The Hall–Kier alpha value is -2.85. The molecule has 29 heavy (non-hydrogen) atoms. The number of hydrogen-bond donors (Lipinski definition) is 1. The van der Waals surface area contributed by atoms with E-state index in [1.165, 1.54) is 11.8 Å². The van der Waals surface area contributed by atoms with Gasteiger partial charge in [-0.05, 0) is 25.0 Å². The van der Waals surface area contributed by atoms with E-state index >= 15 is 0 Å². The number of oxazole rings is 1. The second-order valence-corrected chi connectivity index (χ2v) is 7.74. The summed E-state index contributed by atoms with van der Waals surface area (Å²) in [5, 5.41) is 5.42. The van der Waals surface area contributed by atoms with Gasteiger partial charge in [0.1, 0.15) is 16.7 Å². The highest BCUT2D eigenvalue weighted by Gasteiger charge is 2.21. The SMILES string of the molecule is COc1ccc2nc(CSc3nc4c(cnn4C4CCOCC4)c(=O)[nH]3)oc2c1. The van der Waals surface area contributed by atoms with Gasteiger partial charge in [-0.2, -0.15) is 5.10 Å². The van der Waals surface area contributed by atoms with Crippen LogP contribution >= 0.6 is 11.8 Å². The Kier molecular flexibility index (Phi) is 4.72. The Morgan fingerprint density at radius 1 is 1.31 bits per heavy atom. The Morgan fingerprint density at radius 2 is 2.17 bits per heavy atom. The van der Waals surface area contributed by atoms with Crippen molar-refractivity contribution in [2.75, 3.05) is 20.3 Å². The number of benzene rings is 1. The molecule has 3 aromatic heterocycles. The Balaban J connectivity index is 1.41. The summed E-state index contributed by atoms with van der Waals surface area (Å²) in [6.07, 6.45) is 3.31. The maximum absolute atomic E-state index is 12.5. The lowest BCUT2D eigenvalue weighted by atomic mass is 10.1. The molecule has 1 saturated heterocycles. The molecular formula is C19H19N5O4S. The molecule has 1 aliphatic rings. The highest BCUT2D eigenvalue weighted by molar-refractivity contribution is 7.98. The van der Waals surface area contributed by atoms with Gasteiger partial charge in [-0.3, -0.25) is 4.79 Å². The third kappa shape index (κ3) is 3.49. The van der Waals surface area contributed by atoms with E-state index in [4.69, 9.17) is 13.9 Å². The second kappa shape index (κ2) is 7.53. The highest BCUT2D eigenvalue weighted by Crippen LogP contribution is 2.27. The van der Waals surface area contributed by atoms with Crippen LogP contribution < -0.4 is 10.3 Å². The number of aromatic nitrogens is 5. The van der Waals surface area contributed by atoms with Crippen molar-refractivity contribution in [3.05, 3.63) is 40.6 Å². The van der Waals surface area contributed by atoms with Crippen LogP contribution in [0.25, 0.3) is 22.1 Å². The van der Waals surface area contributed by atoms with Gasteiger partial charge >= 0.3 is 0 Å². The lowest BCUT2D eigenvalue weighted by molar-refractivity contribution is 0.0673. The van der Waals surface area contributed by atoms with Crippen molar-refractivity contribution < 1.29 is 13.9 Å². The van der Waals surface area contributed by atoms with Gasteiger partial charge in [0.05, 0.1) is 25.1 Å². The maximum atomic E-state index is 12.5. The van der Waals surface area contributed by atoms with Crippen LogP contribution in [-0.4, -0.2) is 45.1 Å². The van der Waals surface area contributed by atoms with Crippen LogP contribution in [0.4, 0.5) is 0 Å². The number of nitrogens with zero attached hydrogens (tertiary/aromatic N) is 4. The van der Waals surface area contributed by atoms with Crippen molar-refractivity contribution >= 4 is 33.9 Å². The summed E-state index contributed by atoms with van der Waals surface area (Å²) in [7, 11) is 1.61. The van der Waals surface area contributed by atoms with E-state index in [2.05, 4.69) is 20.1 Å². The van der Waals surface area contributed by atoms with Gasteiger partial charge in [-0.25, -0.2) is 14.6 Å². The van der Waals surface area contributed by atoms with Crippen LogP contribution in [0.2, 0.25) is 0 Å². The number of hydrogen-bond acceptors (Lipinski definition) is 8. The number of fused-ring (bicyclic) bond motifs is 2. The molecule has 0 amide bonds. The van der Waals surface area contributed by atoms with E-state index in [1.54, 1.807) is 19.4 Å². The minimum atomic E-state index is -0.196. The third-order valence-electron chi connectivity index (χ3n) is 4.95. The van der Waals surface area contributed by atoms with Gasteiger partial charge in [0.15, 0.2) is 16.4 Å². The molecule has 5 rings (SSSR count). The van der Waals surface area contributed by atoms with E-state index < -0.39 is 0 Å². The minimum Gasteiger partial charge on any atom is -0.497 e. The van der Waals surface area contributed by atoms with E-state index in [0.717, 1.165) is 18.4 Å². The van der Waals surface area contributed by atoms with E-state index in [9.17, 15) is 4.79 Å². The Bertz CT molecular complexity index is 1220. The first-order valence-corrected chi connectivity index (χ1v) is 10.3. The predicted octanol–water partition coefficient (Wildman–Crippen LogP) is 2.91. The summed E-state index contributed by atoms with van der Waals surface area (Å²) in [6, 6.07) is 5.69. The molecule has 1 aliphatic heterocycles. The third-order valence-corrected chi connectivity index (χ3v) is 5.81. The van der Waals surface area contributed by atoms with E-state index in [-0.39, 0.29) is 11.6 Å². The van der Waals surface area contributed by atoms with Crippen molar-refractivity contribution in [1.29, 1.82) is 0 Å². The fourth-order valence-corrected chi connectivity index (χ4v) is 4.15. The molecule has 10 heteroatoms.